The van der Waals surface area contributed by atoms with Gasteiger partial charge in [-0.2, -0.15) is 26.3 Å². The van der Waals surface area contributed by atoms with Crippen molar-refractivity contribution >= 4 is 23.2 Å². The topological polar surface area (TPSA) is 128 Å². The van der Waals surface area contributed by atoms with Gasteiger partial charge in [-0.05, 0) is 18.6 Å². The largest absolute Gasteiger partial charge is 0.416 e. The molecule has 3 aromatic heterocycles. The molecule has 1 atom stereocenters. The molecule has 0 fully saturated rings. The number of alkyl halides is 7. The first-order valence-electron chi connectivity index (χ1n) is 10.3. The molecule has 0 aliphatic rings. The summed E-state index contributed by atoms with van der Waals surface area (Å²) in [6.45, 7) is -2.13. The summed E-state index contributed by atoms with van der Waals surface area (Å²) >= 11 is 0.730. The van der Waals surface area contributed by atoms with Crippen molar-refractivity contribution in [1.82, 2.24) is 40.8 Å². The number of rotatable bonds is 10. The minimum atomic E-state index is -4.58. The maximum Gasteiger partial charge on any atom is 0.416 e. The summed E-state index contributed by atoms with van der Waals surface area (Å²) in [5.41, 5.74) is -1.14. The molecule has 37 heavy (non-hydrogen) atoms. The van der Waals surface area contributed by atoms with Crippen LogP contribution in [-0.2, 0) is 25.7 Å². The third kappa shape index (κ3) is 8.72. The van der Waals surface area contributed by atoms with Crippen LogP contribution in [0.15, 0.2) is 24.5 Å². The third-order valence-corrected chi connectivity index (χ3v) is 5.49. The van der Waals surface area contributed by atoms with E-state index in [1.54, 1.807) is 5.32 Å². The van der Waals surface area contributed by atoms with E-state index in [4.69, 9.17) is 0 Å². The quantitative estimate of drug-likeness (QED) is 0.369. The van der Waals surface area contributed by atoms with Crippen LogP contribution in [0.25, 0.3) is 0 Å². The summed E-state index contributed by atoms with van der Waals surface area (Å²) in [6.07, 6.45) is -8.57. The molecule has 1 unspecified atom stereocenters. The van der Waals surface area contributed by atoms with Crippen molar-refractivity contribution in [2.45, 2.75) is 44.5 Å². The van der Waals surface area contributed by atoms with Gasteiger partial charge in [0.1, 0.15) is 17.7 Å². The Bertz CT molecular complexity index is 1230. The van der Waals surface area contributed by atoms with Gasteiger partial charge < -0.3 is 10.6 Å². The van der Waals surface area contributed by atoms with Crippen LogP contribution < -0.4 is 10.6 Å². The second-order valence-corrected chi connectivity index (χ2v) is 8.54. The first kappa shape index (κ1) is 27.9. The van der Waals surface area contributed by atoms with E-state index in [1.165, 1.54) is 0 Å². The van der Waals surface area contributed by atoms with E-state index in [0.717, 1.165) is 40.5 Å². The van der Waals surface area contributed by atoms with Crippen LogP contribution in [-0.4, -0.2) is 60.9 Å². The SMILES string of the molecule is O=C(NCc1cc(C(F)(F)F)ccn1)c1cn(CC(F)CCc2nnc(C(=O)NCC(F)(F)F)s2)nn1. The van der Waals surface area contributed by atoms with Crippen molar-refractivity contribution in [2.24, 2.45) is 0 Å². The van der Waals surface area contributed by atoms with Gasteiger partial charge in [0.05, 0.1) is 30.5 Å². The second-order valence-electron chi connectivity index (χ2n) is 7.48. The molecule has 10 nitrogen and oxygen atoms in total. The minimum absolute atomic E-state index is 0.0305. The van der Waals surface area contributed by atoms with Crippen molar-refractivity contribution in [3.8, 4) is 0 Å². The maximum absolute atomic E-state index is 14.4. The Hall–Kier alpha value is -3.70. The lowest BCUT2D eigenvalue weighted by atomic mass is 10.2. The highest BCUT2D eigenvalue weighted by Crippen LogP contribution is 2.29. The average Bonchev–Trinajstić information content (AvgIpc) is 3.49. The number of nitrogens with zero attached hydrogens (tertiary/aromatic N) is 6. The van der Waals surface area contributed by atoms with Gasteiger partial charge in [-0.3, -0.25) is 14.6 Å². The number of aromatic nitrogens is 6. The molecular formula is C19H17F7N8O2S. The Morgan fingerprint density at radius 1 is 1.05 bits per heavy atom. The number of nitrogens with one attached hydrogen (secondary N) is 2. The van der Waals surface area contributed by atoms with Crippen molar-refractivity contribution in [2.75, 3.05) is 6.54 Å². The van der Waals surface area contributed by atoms with Crippen LogP contribution in [0.3, 0.4) is 0 Å². The van der Waals surface area contributed by atoms with Gasteiger partial charge in [0, 0.05) is 12.6 Å². The van der Waals surface area contributed by atoms with Gasteiger partial charge >= 0.3 is 12.4 Å². The van der Waals surface area contributed by atoms with E-state index < -0.39 is 42.4 Å². The molecule has 2 amide bonds. The molecule has 3 rings (SSSR count). The van der Waals surface area contributed by atoms with E-state index in [0.29, 0.717) is 0 Å². The molecule has 3 heterocycles. The van der Waals surface area contributed by atoms with Gasteiger partial charge in [-0.25, -0.2) is 9.07 Å². The van der Waals surface area contributed by atoms with Gasteiger partial charge in [0.2, 0.25) is 5.01 Å². The lowest BCUT2D eigenvalue weighted by molar-refractivity contribution is -0.137. The predicted octanol–water partition coefficient (Wildman–Crippen LogP) is 2.74. The monoisotopic (exact) mass is 554 g/mol. The minimum Gasteiger partial charge on any atom is -0.345 e. The molecular weight excluding hydrogens is 537 g/mol. The summed E-state index contributed by atoms with van der Waals surface area (Å²) < 4.78 is 90.2. The number of pyridine rings is 1. The lowest BCUT2D eigenvalue weighted by Gasteiger charge is -2.08. The Morgan fingerprint density at radius 3 is 2.51 bits per heavy atom. The highest BCUT2D eigenvalue weighted by molar-refractivity contribution is 7.13. The molecule has 0 saturated carbocycles. The van der Waals surface area contributed by atoms with E-state index >= 15 is 0 Å². The van der Waals surface area contributed by atoms with Gasteiger partial charge in [0.15, 0.2) is 5.69 Å². The summed E-state index contributed by atoms with van der Waals surface area (Å²) in [5.74, 6) is -1.80. The zero-order valence-corrected chi connectivity index (χ0v) is 19.3. The van der Waals surface area contributed by atoms with Crippen molar-refractivity contribution in [3.05, 3.63) is 51.5 Å². The first-order chi connectivity index (χ1) is 17.3. The van der Waals surface area contributed by atoms with E-state index in [1.807, 2.05) is 0 Å². The fourth-order valence-corrected chi connectivity index (χ4v) is 3.55. The molecule has 3 aromatic rings. The maximum atomic E-state index is 14.4. The van der Waals surface area contributed by atoms with Crippen LogP contribution >= 0.6 is 11.3 Å². The van der Waals surface area contributed by atoms with E-state index in [-0.39, 0.29) is 47.3 Å². The Kier molecular flexibility index (Phi) is 8.72. The Labute approximate surface area is 207 Å². The average molecular weight is 554 g/mol. The molecule has 0 aliphatic carbocycles. The number of aryl methyl sites for hydroxylation is 1. The summed E-state index contributed by atoms with van der Waals surface area (Å²) in [4.78, 5) is 27.6. The van der Waals surface area contributed by atoms with Gasteiger partial charge in [-0.15, -0.1) is 15.3 Å². The Morgan fingerprint density at radius 2 is 1.81 bits per heavy atom. The second kappa shape index (κ2) is 11.6. The number of hydrogen-bond donors (Lipinski definition) is 2. The molecule has 0 aliphatic heterocycles. The molecule has 0 bridgehead atoms. The number of carbonyl (C=O) groups is 2. The van der Waals surface area contributed by atoms with Crippen molar-refractivity contribution < 1.29 is 40.3 Å². The smallest absolute Gasteiger partial charge is 0.345 e. The number of halogens is 7. The number of amides is 2. The van der Waals surface area contributed by atoms with Crippen molar-refractivity contribution in [3.63, 3.8) is 0 Å². The van der Waals surface area contributed by atoms with E-state index in [2.05, 4.69) is 30.8 Å². The highest BCUT2D eigenvalue weighted by Gasteiger charge is 2.31. The standard InChI is InChI=1S/C19H17F7N8O2S/c20-11(1-2-14-31-32-17(37-14)16(36)29-9-18(21,22)23)7-34-8-13(30-33-34)15(35)28-6-12-5-10(3-4-27-12)19(24,25)26/h3-5,8,11H,1-2,6-7,9H2,(H,28,35)(H,29,36). The molecule has 0 radical (unpaired) electrons. The Balaban J connectivity index is 1.45. The van der Waals surface area contributed by atoms with Gasteiger partial charge in [-0.1, -0.05) is 16.6 Å². The zero-order chi connectivity index (χ0) is 27.2. The third-order valence-electron chi connectivity index (χ3n) is 4.51. The fourth-order valence-electron chi connectivity index (χ4n) is 2.78. The van der Waals surface area contributed by atoms with Crippen LogP contribution in [0, 0.1) is 0 Å². The molecule has 0 saturated heterocycles. The molecule has 2 N–H and O–H groups in total. The number of carbonyl (C=O) groups excluding carboxylic acids is 2. The highest BCUT2D eigenvalue weighted by atomic mass is 32.1. The fraction of sp³-hybridized carbons (Fsp3) is 0.421. The normalized spacial score (nSPS) is 12.8. The van der Waals surface area contributed by atoms with Crippen LogP contribution in [0.1, 0.15) is 43.0 Å². The summed E-state index contributed by atoms with van der Waals surface area (Å²) in [6, 6.07) is 1.59. The molecule has 18 heteroatoms. The van der Waals surface area contributed by atoms with Gasteiger partial charge in [0.25, 0.3) is 11.8 Å². The first-order valence-corrected chi connectivity index (χ1v) is 11.1. The van der Waals surface area contributed by atoms with E-state index in [9.17, 15) is 40.3 Å². The van der Waals surface area contributed by atoms with Crippen molar-refractivity contribution in [1.29, 1.82) is 0 Å². The zero-order valence-electron chi connectivity index (χ0n) is 18.5. The van der Waals surface area contributed by atoms with Crippen LogP contribution in [0.5, 0.6) is 0 Å². The molecule has 0 aromatic carbocycles. The summed E-state index contributed by atoms with van der Waals surface area (Å²) in [5, 5.41) is 18.3. The predicted molar refractivity (Wildman–Crippen MR) is 112 cm³/mol. The lowest BCUT2D eigenvalue weighted by Crippen LogP contribution is -2.33. The molecule has 0 spiro atoms. The number of hydrogen-bond acceptors (Lipinski definition) is 8. The molecule has 200 valence electrons. The van der Waals surface area contributed by atoms with Crippen LogP contribution in [0.2, 0.25) is 0 Å². The van der Waals surface area contributed by atoms with Crippen LogP contribution in [0.4, 0.5) is 30.7 Å². The summed E-state index contributed by atoms with van der Waals surface area (Å²) in [7, 11) is 0.